The lowest BCUT2D eigenvalue weighted by Gasteiger charge is -2.14. The summed E-state index contributed by atoms with van der Waals surface area (Å²) in [7, 11) is 2.01. The van der Waals surface area contributed by atoms with Gasteiger partial charge in [0.1, 0.15) is 0 Å². The topological polar surface area (TPSA) is 95.7 Å². The summed E-state index contributed by atoms with van der Waals surface area (Å²) in [6.07, 6.45) is 5.80. The van der Waals surface area contributed by atoms with Crippen molar-refractivity contribution in [1.82, 2.24) is 4.90 Å². The van der Waals surface area contributed by atoms with Crippen LogP contribution in [0.15, 0.2) is 24.3 Å². The summed E-state index contributed by atoms with van der Waals surface area (Å²) in [5.74, 6) is -0.486. The number of benzene rings is 1. The van der Waals surface area contributed by atoms with Crippen LogP contribution in [0, 0.1) is 0 Å². The summed E-state index contributed by atoms with van der Waals surface area (Å²) >= 11 is 0. The van der Waals surface area contributed by atoms with Gasteiger partial charge in [0.15, 0.2) is 0 Å². The predicted octanol–water partition coefficient (Wildman–Crippen LogP) is 2.41. The van der Waals surface area contributed by atoms with Crippen LogP contribution in [-0.2, 0) is 4.79 Å². The number of hydrogen-bond acceptors (Lipinski definition) is 4. The van der Waals surface area contributed by atoms with Crippen molar-refractivity contribution in [3.05, 3.63) is 29.8 Å². The Bertz CT molecular complexity index is 509. The van der Waals surface area contributed by atoms with E-state index in [9.17, 15) is 9.59 Å². The summed E-state index contributed by atoms with van der Waals surface area (Å²) < 4.78 is 0. The highest BCUT2D eigenvalue weighted by Gasteiger charge is 2.04. The van der Waals surface area contributed by atoms with Crippen LogP contribution < -0.4 is 11.1 Å². The second-order valence-electron chi connectivity index (χ2n) is 6.03. The molecule has 0 heterocycles. The number of nitrogens with one attached hydrogen (secondary N) is 1. The molecule has 0 aliphatic heterocycles. The zero-order valence-electron chi connectivity index (χ0n) is 14.9. The number of halogens is 1. The molecule has 1 aromatic rings. The number of primary amides is 1. The predicted molar refractivity (Wildman–Crippen MR) is 103 cm³/mol. The Hall–Kier alpha value is -1.63. The Morgan fingerprint density at radius 1 is 1.04 bits per heavy atom. The van der Waals surface area contributed by atoms with Crippen molar-refractivity contribution in [1.29, 1.82) is 0 Å². The SMILES string of the molecule is CN(CCO)CCCCCCCC(=O)Nc1ccc(C(N)=O)cc1.Cl. The minimum absolute atomic E-state index is 0. The maximum absolute atomic E-state index is 11.8. The molecule has 0 spiro atoms. The van der Waals surface area contributed by atoms with Gasteiger partial charge in [-0.1, -0.05) is 19.3 Å². The zero-order chi connectivity index (χ0) is 17.8. The third-order valence-electron chi connectivity index (χ3n) is 3.88. The second kappa shape index (κ2) is 13.6. The molecular formula is C18H30ClN3O3. The molecule has 1 rings (SSSR count). The summed E-state index contributed by atoms with van der Waals surface area (Å²) in [4.78, 5) is 24.9. The maximum Gasteiger partial charge on any atom is 0.248 e. The molecule has 0 fully saturated rings. The van der Waals surface area contributed by atoms with Crippen molar-refractivity contribution in [3.63, 3.8) is 0 Å². The van der Waals surface area contributed by atoms with Gasteiger partial charge in [0.25, 0.3) is 0 Å². The van der Waals surface area contributed by atoms with Crippen molar-refractivity contribution in [3.8, 4) is 0 Å². The van der Waals surface area contributed by atoms with Gasteiger partial charge in [-0.3, -0.25) is 9.59 Å². The van der Waals surface area contributed by atoms with Gasteiger partial charge in [-0.25, -0.2) is 0 Å². The Balaban J connectivity index is 0.00000576. The van der Waals surface area contributed by atoms with Gasteiger partial charge < -0.3 is 21.1 Å². The molecule has 1 aromatic carbocycles. The summed E-state index contributed by atoms with van der Waals surface area (Å²) in [6, 6.07) is 6.57. The van der Waals surface area contributed by atoms with Crippen LogP contribution in [0.3, 0.4) is 0 Å². The molecule has 0 saturated heterocycles. The highest BCUT2D eigenvalue weighted by atomic mass is 35.5. The number of nitrogens with two attached hydrogens (primary N) is 1. The van der Waals surface area contributed by atoms with Crippen LogP contribution >= 0.6 is 12.4 Å². The number of anilines is 1. The van der Waals surface area contributed by atoms with Gasteiger partial charge in [0, 0.05) is 24.2 Å². The molecule has 25 heavy (non-hydrogen) atoms. The number of carbonyl (C=O) groups is 2. The van der Waals surface area contributed by atoms with Gasteiger partial charge in [-0.15, -0.1) is 12.4 Å². The molecule has 0 unspecified atom stereocenters. The van der Waals surface area contributed by atoms with Crippen molar-refractivity contribution in [2.24, 2.45) is 5.73 Å². The molecule has 0 radical (unpaired) electrons. The number of hydrogen-bond donors (Lipinski definition) is 3. The third-order valence-corrected chi connectivity index (χ3v) is 3.88. The molecule has 7 heteroatoms. The number of likely N-dealkylation sites (N-methyl/N-ethyl adjacent to an activating group) is 1. The largest absolute Gasteiger partial charge is 0.395 e. The molecule has 2 amide bonds. The molecule has 0 aliphatic carbocycles. The zero-order valence-corrected chi connectivity index (χ0v) is 15.7. The third kappa shape index (κ3) is 10.8. The van der Waals surface area contributed by atoms with Crippen molar-refractivity contribution in [2.45, 2.75) is 38.5 Å². The first kappa shape index (κ1) is 23.4. The van der Waals surface area contributed by atoms with E-state index < -0.39 is 5.91 Å². The molecule has 0 bridgehead atoms. The van der Waals surface area contributed by atoms with Crippen LogP contribution in [0.4, 0.5) is 5.69 Å². The summed E-state index contributed by atoms with van der Waals surface area (Å²) in [6.45, 7) is 1.93. The van der Waals surface area contributed by atoms with Crippen LogP contribution in [0.25, 0.3) is 0 Å². The van der Waals surface area contributed by atoms with E-state index in [1.807, 2.05) is 7.05 Å². The van der Waals surface area contributed by atoms with Crippen LogP contribution in [0.2, 0.25) is 0 Å². The van der Waals surface area contributed by atoms with E-state index in [4.69, 9.17) is 10.8 Å². The first-order valence-electron chi connectivity index (χ1n) is 8.52. The lowest BCUT2D eigenvalue weighted by molar-refractivity contribution is -0.116. The smallest absolute Gasteiger partial charge is 0.248 e. The maximum atomic E-state index is 11.8. The van der Waals surface area contributed by atoms with Gasteiger partial charge >= 0.3 is 0 Å². The van der Waals surface area contributed by atoms with Crippen molar-refractivity contribution in [2.75, 3.05) is 32.1 Å². The average Bonchev–Trinajstić information content (AvgIpc) is 2.54. The minimum atomic E-state index is -0.476. The lowest BCUT2D eigenvalue weighted by atomic mass is 10.1. The van der Waals surface area contributed by atoms with E-state index in [-0.39, 0.29) is 24.9 Å². The van der Waals surface area contributed by atoms with Crippen LogP contribution in [0.5, 0.6) is 0 Å². The Kier molecular flexibility index (Phi) is 12.7. The number of aliphatic hydroxyl groups excluding tert-OH is 1. The molecule has 0 saturated carbocycles. The van der Waals surface area contributed by atoms with E-state index in [2.05, 4.69) is 10.2 Å². The van der Waals surface area contributed by atoms with Crippen molar-refractivity contribution >= 4 is 29.9 Å². The van der Waals surface area contributed by atoms with Crippen LogP contribution in [-0.4, -0.2) is 48.6 Å². The number of carbonyl (C=O) groups excluding carboxylic acids is 2. The number of nitrogens with zero attached hydrogens (tertiary/aromatic N) is 1. The van der Waals surface area contributed by atoms with E-state index in [1.54, 1.807) is 24.3 Å². The number of aliphatic hydroxyl groups is 1. The fourth-order valence-corrected chi connectivity index (χ4v) is 2.42. The monoisotopic (exact) mass is 371 g/mol. The Morgan fingerprint density at radius 3 is 2.24 bits per heavy atom. The summed E-state index contributed by atoms with van der Waals surface area (Å²) in [5, 5.41) is 11.6. The standard InChI is InChI=1S/C18H29N3O3.ClH/c1-21(13-14-22)12-6-4-2-3-5-7-17(23)20-16-10-8-15(9-11-16)18(19)24;/h8-11,22H,2-7,12-14H2,1H3,(H2,19,24)(H,20,23);1H. The number of rotatable bonds is 12. The Morgan fingerprint density at radius 2 is 1.64 bits per heavy atom. The molecule has 0 aliphatic rings. The van der Waals surface area contributed by atoms with E-state index in [1.165, 1.54) is 0 Å². The van der Waals surface area contributed by atoms with Gasteiger partial charge in [0.05, 0.1) is 6.61 Å². The molecular weight excluding hydrogens is 342 g/mol. The first-order valence-corrected chi connectivity index (χ1v) is 8.52. The summed E-state index contributed by atoms with van der Waals surface area (Å²) in [5.41, 5.74) is 6.28. The number of amides is 2. The fraction of sp³-hybridized carbons (Fsp3) is 0.556. The van der Waals surface area contributed by atoms with Crippen LogP contribution in [0.1, 0.15) is 48.9 Å². The van der Waals surface area contributed by atoms with E-state index in [0.29, 0.717) is 17.7 Å². The fourth-order valence-electron chi connectivity index (χ4n) is 2.42. The van der Waals surface area contributed by atoms with E-state index >= 15 is 0 Å². The average molecular weight is 372 g/mol. The normalized spacial score (nSPS) is 10.4. The van der Waals surface area contributed by atoms with Gasteiger partial charge in [0.2, 0.25) is 11.8 Å². The second-order valence-corrected chi connectivity index (χ2v) is 6.03. The quantitative estimate of drug-likeness (QED) is 0.491. The molecule has 4 N–H and O–H groups in total. The Labute approximate surface area is 156 Å². The molecule has 6 nitrogen and oxygen atoms in total. The van der Waals surface area contributed by atoms with Crippen molar-refractivity contribution < 1.29 is 14.7 Å². The molecule has 0 atom stereocenters. The van der Waals surface area contributed by atoms with Gasteiger partial charge in [-0.05, 0) is 50.7 Å². The minimum Gasteiger partial charge on any atom is -0.395 e. The molecule has 142 valence electrons. The first-order chi connectivity index (χ1) is 11.5. The highest BCUT2D eigenvalue weighted by Crippen LogP contribution is 2.11. The van der Waals surface area contributed by atoms with E-state index in [0.717, 1.165) is 45.2 Å². The molecule has 0 aromatic heterocycles. The lowest BCUT2D eigenvalue weighted by Crippen LogP contribution is -2.23. The number of unbranched alkanes of at least 4 members (excludes halogenated alkanes) is 4. The highest BCUT2D eigenvalue weighted by molar-refractivity contribution is 5.94. The van der Waals surface area contributed by atoms with Gasteiger partial charge in [-0.2, -0.15) is 0 Å².